The van der Waals surface area contributed by atoms with Gasteiger partial charge in [-0.25, -0.2) is 4.79 Å². The Morgan fingerprint density at radius 1 is 1.34 bits per heavy atom. The molecule has 3 unspecified atom stereocenters. The summed E-state index contributed by atoms with van der Waals surface area (Å²) >= 11 is 2.20. The van der Waals surface area contributed by atoms with E-state index in [1.54, 1.807) is 12.2 Å². The van der Waals surface area contributed by atoms with Crippen LogP contribution in [0.4, 0.5) is 5.13 Å². The first-order valence-electron chi connectivity index (χ1n) is 11.4. The number of nitrogens with one attached hydrogen (secondary N) is 1. The molecule has 0 radical (unpaired) electrons. The largest absolute Gasteiger partial charge is 0.477 e. The summed E-state index contributed by atoms with van der Waals surface area (Å²) in [6.07, 6.45) is 6.58. The highest BCUT2D eigenvalue weighted by Gasteiger charge is 2.54. The molecule has 0 saturated carbocycles. The maximum atomic E-state index is 13.0. The Hall–Kier alpha value is -3.76. The van der Waals surface area contributed by atoms with E-state index in [1.807, 2.05) is 20.0 Å². The number of quaternary nitrogens is 1. The number of hydrogen-bond donors (Lipinski definition) is 4. The number of oxime groups is 1. The predicted octanol–water partition coefficient (Wildman–Crippen LogP) is -0.726. The van der Waals surface area contributed by atoms with E-state index in [0.29, 0.717) is 28.9 Å². The molecule has 6 N–H and O–H groups in total. The molecule has 1 saturated heterocycles. The molecule has 14 nitrogen and oxygen atoms in total. The molecule has 3 amide bonds. The smallest absolute Gasteiger partial charge is 0.352 e. The molecule has 3 heterocycles. The van der Waals surface area contributed by atoms with Crippen LogP contribution in [0.15, 0.2) is 40.7 Å². The SMILES string of the molecule is CC[N+](C)(C/C=C/C(N)=O)C/C=C/C1=C(C(=O)O)N2C(=O)C(NC(=O)/C(=N\OC)c3nsc(N)n3)C2SC1. The van der Waals surface area contributed by atoms with Crippen LogP contribution in [0, 0.1) is 0 Å². The number of amides is 3. The van der Waals surface area contributed by atoms with Crippen molar-refractivity contribution < 1.29 is 33.6 Å². The lowest BCUT2D eigenvalue weighted by molar-refractivity contribution is -0.896. The van der Waals surface area contributed by atoms with Crippen molar-refractivity contribution in [1.82, 2.24) is 19.6 Å². The average molecular weight is 566 g/mol. The lowest BCUT2D eigenvalue weighted by Crippen LogP contribution is -2.71. The van der Waals surface area contributed by atoms with Crippen LogP contribution >= 0.6 is 23.3 Å². The molecule has 1 fully saturated rings. The maximum Gasteiger partial charge on any atom is 0.352 e. The van der Waals surface area contributed by atoms with Gasteiger partial charge in [0, 0.05) is 23.4 Å². The van der Waals surface area contributed by atoms with Crippen molar-refractivity contribution in [2.45, 2.75) is 18.3 Å². The van der Waals surface area contributed by atoms with Gasteiger partial charge in [-0.3, -0.25) is 19.3 Å². The van der Waals surface area contributed by atoms with Crippen molar-refractivity contribution in [3.8, 4) is 0 Å². The van der Waals surface area contributed by atoms with Gasteiger partial charge in [-0.2, -0.15) is 9.36 Å². The van der Waals surface area contributed by atoms with E-state index in [9.17, 15) is 24.3 Å². The number of aromatic nitrogens is 2. The van der Waals surface area contributed by atoms with Crippen molar-refractivity contribution in [1.29, 1.82) is 0 Å². The van der Waals surface area contributed by atoms with E-state index >= 15 is 0 Å². The van der Waals surface area contributed by atoms with Crippen LogP contribution < -0.4 is 16.8 Å². The number of fused-ring (bicyclic) bond motifs is 1. The van der Waals surface area contributed by atoms with Gasteiger partial charge >= 0.3 is 5.97 Å². The highest BCUT2D eigenvalue weighted by Crippen LogP contribution is 2.40. The Balaban J connectivity index is 1.74. The van der Waals surface area contributed by atoms with Gasteiger partial charge in [-0.15, -0.1) is 11.8 Å². The summed E-state index contributed by atoms with van der Waals surface area (Å²) in [5, 5.41) is 15.6. The minimum atomic E-state index is -1.24. The van der Waals surface area contributed by atoms with Gasteiger partial charge in [0.2, 0.25) is 17.4 Å². The second-order valence-electron chi connectivity index (χ2n) is 8.63. The molecule has 1 aromatic heterocycles. The fraction of sp³-hybridized carbons (Fsp3) is 0.409. The third-order valence-electron chi connectivity index (χ3n) is 6.00. The number of carbonyl (C=O) groups excluding carboxylic acids is 3. The first-order chi connectivity index (χ1) is 18.0. The zero-order valence-electron chi connectivity index (χ0n) is 21.0. The zero-order chi connectivity index (χ0) is 28.0. The van der Waals surface area contributed by atoms with Crippen molar-refractivity contribution in [2.75, 3.05) is 45.3 Å². The lowest BCUT2D eigenvalue weighted by Gasteiger charge is -2.49. The van der Waals surface area contributed by atoms with Gasteiger partial charge in [0.1, 0.15) is 24.2 Å². The molecule has 204 valence electrons. The van der Waals surface area contributed by atoms with Crippen molar-refractivity contribution >= 4 is 57.8 Å². The Kier molecular flexibility index (Phi) is 9.24. The molecule has 0 spiro atoms. The summed E-state index contributed by atoms with van der Waals surface area (Å²) in [7, 11) is 3.24. The summed E-state index contributed by atoms with van der Waals surface area (Å²) in [6.45, 7) is 3.89. The molecule has 3 atom stereocenters. The van der Waals surface area contributed by atoms with Crippen LogP contribution in [-0.2, 0) is 24.0 Å². The highest BCUT2D eigenvalue weighted by atomic mass is 32.2. The maximum absolute atomic E-state index is 13.0. The van der Waals surface area contributed by atoms with Crippen LogP contribution in [-0.4, -0.2) is 104 Å². The summed E-state index contributed by atoms with van der Waals surface area (Å²) in [6, 6.07) is -0.970. The Morgan fingerprint density at radius 3 is 2.63 bits per heavy atom. The molecule has 1 aromatic rings. The Labute approximate surface area is 226 Å². The lowest BCUT2D eigenvalue weighted by atomic mass is 10.0. The number of nitrogens with zero attached hydrogens (tertiary/aromatic N) is 5. The number of hydrogen-bond acceptors (Lipinski definition) is 11. The molecule has 0 aliphatic carbocycles. The number of β-lactam (4-membered cyclic amide) rings is 1. The number of anilines is 1. The molecule has 16 heteroatoms. The topological polar surface area (TPSA) is 203 Å². The minimum Gasteiger partial charge on any atom is -0.477 e. The van der Waals surface area contributed by atoms with E-state index < -0.39 is 35.1 Å². The van der Waals surface area contributed by atoms with Crippen LogP contribution in [0.5, 0.6) is 0 Å². The summed E-state index contributed by atoms with van der Waals surface area (Å²) in [5.74, 6) is -2.81. The summed E-state index contributed by atoms with van der Waals surface area (Å²) < 4.78 is 4.51. The first-order valence-corrected chi connectivity index (χ1v) is 13.2. The van der Waals surface area contributed by atoms with E-state index in [2.05, 4.69) is 19.8 Å². The van der Waals surface area contributed by atoms with Crippen molar-refractivity contribution in [2.24, 2.45) is 10.9 Å². The van der Waals surface area contributed by atoms with Crippen LogP contribution in [0.2, 0.25) is 0 Å². The molecule has 2 aliphatic heterocycles. The number of allylic oxidation sites excluding steroid dienone is 1. The number of nitrogens with two attached hydrogens (primary N) is 2. The van der Waals surface area contributed by atoms with Crippen molar-refractivity contribution in [3.63, 3.8) is 0 Å². The Bertz CT molecular complexity index is 1240. The average Bonchev–Trinajstić information content (AvgIpc) is 3.30. The number of primary amides is 1. The number of carboxylic acids is 1. The van der Waals surface area contributed by atoms with Gasteiger partial charge in [-0.1, -0.05) is 11.2 Å². The van der Waals surface area contributed by atoms with E-state index in [1.165, 1.54) is 29.8 Å². The molecule has 3 rings (SSSR count). The van der Waals surface area contributed by atoms with Gasteiger partial charge in [0.25, 0.3) is 11.8 Å². The number of nitrogen functional groups attached to an aromatic ring is 1. The summed E-state index contributed by atoms with van der Waals surface area (Å²) in [4.78, 5) is 58.7. The monoisotopic (exact) mass is 565 g/mol. The third kappa shape index (κ3) is 6.38. The number of thioether (sulfide) groups is 1. The summed E-state index contributed by atoms with van der Waals surface area (Å²) in [5.41, 5.74) is 10.8. The van der Waals surface area contributed by atoms with Crippen molar-refractivity contribution in [3.05, 3.63) is 41.4 Å². The molecule has 2 aliphatic rings. The molecule has 0 bridgehead atoms. The van der Waals surface area contributed by atoms with Crippen LogP contribution in [0.25, 0.3) is 0 Å². The highest BCUT2D eigenvalue weighted by molar-refractivity contribution is 8.00. The normalized spacial score (nSPS) is 21.3. The first kappa shape index (κ1) is 28.8. The fourth-order valence-electron chi connectivity index (χ4n) is 3.79. The molecule has 0 aromatic carbocycles. The standard InChI is InChI=1S/C22H28N8O6S2/c1-4-30(2,10-6-8-13(23)31)9-5-7-12-11-37-20-15(19(33)29(20)16(12)21(34)35)25-18(32)14(27-36-3)17-26-22(24)38-28-17/h5-8,15,20H,4,9-11H2,1-3H3,(H5-,23,24,25,26,28,31,32,34,35)/p+1/b7-5+,8-6+,27-14-. The number of aliphatic carboxylic acids is 1. The van der Waals surface area contributed by atoms with Gasteiger partial charge < -0.3 is 31.2 Å². The van der Waals surface area contributed by atoms with Crippen LogP contribution in [0.1, 0.15) is 12.7 Å². The third-order valence-corrected chi connectivity index (χ3v) is 7.84. The van der Waals surface area contributed by atoms with Gasteiger partial charge in [-0.05, 0) is 24.6 Å². The van der Waals surface area contributed by atoms with Gasteiger partial charge in [0.05, 0.1) is 26.7 Å². The number of carboxylic acid groups (broad SMARTS) is 1. The van der Waals surface area contributed by atoms with E-state index in [4.69, 9.17) is 16.3 Å². The minimum absolute atomic E-state index is 0.0482. The predicted molar refractivity (Wildman–Crippen MR) is 141 cm³/mol. The second kappa shape index (κ2) is 12.2. The van der Waals surface area contributed by atoms with Gasteiger partial charge in [0.15, 0.2) is 5.13 Å². The zero-order valence-corrected chi connectivity index (χ0v) is 22.6. The van der Waals surface area contributed by atoms with E-state index in [-0.39, 0.29) is 22.4 Å². The molecular formula is C22H29N8O6S2+. The fourth-order valence-corrected chi connectivity index (χ4v) is 5.55. The second-order valence-corrected chi connectivity index (χ2v) is 10.5. The number of carbonyl (C=O) groups is 4. The van der Waals surface area contributed by atoms with Crippen LogP contribution in [0.3, 0.4) is 0 Å². The molecular weight excluding hydrogens is 536 g/mol. The number of rotatable bonds is 12. The quantitative estimate of drug-likeness (QED) is 0.0822. The number of likely N-dealkylation sites (N-methyl/N-ethyl adjacent to an activating group) is 1. The van der Waals surface area contributed by atoms with E-state index in [0.717, 1.165) is 18.1 Å². The Morgan fingerprint density at radius 2 is 2.05 bits per heavy atom. The molecule has 38 heavy (non-hydrogen) atoms.